The van der Waals surface area contributed by atoms with Crippen LogP contribution in [-0.4, -0.2) is 23.4 Å². The lowest BCUT2D eigenvalue weighted by Gasteiger charge is -2.26. The van der Waals surface area contributed by atoms with Crippen molar-refractivity contribution in [2.45, 2.75) is 31.5 Å². The molecule has 0 aromatic heterocycles. The fourth-order valence-electron chi connectivity index (χ4n) is 2.00. The maximum absolute atomic E-state index is 13.4. The summed E-state index contributed by atoms with van der Waals surface area (Å²) in [6.07, 6.45) is 0.308. The number of ether oxygens (including phenoxy) is 1. The SMILES string of the molecule is CC1OCCC1(O)Cc1ccc(F)cc1F. The Hall–Kier alpha value is -1.00. The van der Waals surface area contributed by atoms with E-state index in [1.807, 2.05) is 0 Å². The van der Waals surface area contributed by atoms with Crippen LogP contribution in [0.4, 0.5) is 8.78 Å². The van der Waals surface area contributed by atoms with Crippen LogP contribution < -0.4 is 0 Å². The van der Waals surface area contributed by atoms with Crippen LogP contribution in [0.2, 0.25) is 0 Å². The van der Waals surface area contributed by atoms with Gasteiger partial charge in [0.2, 0.25) is 0 Å². The normalized spacial score (nSPS) is 29.6. The van der Waals surface area contributed by atoms with E-state index < -0.39 is 17.2 Å². The van der Waals surface area contributed by atoms with Gasteiger partial charge in [0.05, 0.1) is 11.7 Å². The molecule has 1 aromatic rings. The highest BCUT2D eigenvalue weighted by molar-refractivity contribution is 5.21. The zero-order valence-electron chi connectivity index (χ0n) is 9.04. The molecular formula is C12H14F2O2. The predicted molar refractivity (Wildman–Crippen MR) is 55.0 cm³/mol. The van der Waals surface area contributed by atoms with E-state index in [0.717, 1.165) is 6.07 Å². The summed E-state index contributed by atoms with van der Waals surface area (Å²) in [6, 6.07) is 3.40. The van der Waals surface area contributed by atoms with Crippen molar-refractivity contribution in [2.24, 2.45) is 0 Å². The van der Waals surface area contributed by atoms with E-state index in [0.29, 0.717) is 18.6 Å². The van der Waals surface area contributed by atoms with Gasteiger partial charge in [0, 0.05) is 25.5 Å². The van der Waals surface area contributed by atoms with Crippen molar-refractivity contribution in [3.8, 4) is 0 Å². The molecule has 0 aliphatic carbocycles. The van der Waals surface area contributed by atoms with Crippen molar-refractivity contribution in [1.29, 1.82) is 0 Å². The molecular weight excluding hydrogens is 214 g/mol. The third kappa shape index (κ3) is 2.08. The van der Waals surface area contributed by atoms with Gasteiger partial charge in [-0.1, -0.05) is 6.07 Å². The number of hydrogen-bond donors (Lipinski definition) is 1. The van der Waals surface area contributed by atoms with Crippen LogP contribution in [0.3, 0.4) is 0 Å². The van der Waals surface area contributed by atoms with Crippen LogP contribution in [-0.2, 0) is 11.2 Å². The number of aliphatic hydroxyl groups is 1. The first-order valence-electron chi connectivity index (χ1n) is 5.29. The van der Waals surface area contributed by atoms with Gasteiger partial charge in [0.1, 0.15) is 11.6 Å². The Morgan fingerprint density at radius 3 is 2.81 bits per heavy atom. The lowest BCUT2D eigenvalue weighted by Crippen LogP contribution is -2.38. The number of rotatable bonds is 2. The molecule has 16 heavy (non-hydrogen) atoms. The average molecular weight is 228 g/mol. The van der Waals surface area contributed by atoms with Crippen LogP contribution in [0, 0.1) is 11.6 Å². The monoisotopic (exact) mass is 228 g/mol. The molecule has 88 valence electrons. The van der Waals surface area contributed by atoms with Gasteiger partial charge in [-0.15, -0.1) is 0 Å². The first kappa shape index (κ1) is 11.5. The highest BCUT2D eigenvalue weighted by Gasteiger charge is 2.39. The first-order valence-corrected chi connectivity index (χ1v) is 5.29. The molecule has 2 unspecified atom stereocenters. The number of benzene rings is 1. The second kappa shape index (κ2) is 4.11. The molecule has 0 saturated carbocycles. The van der Waals surface area contributed by atoms with E-state index >= 15 is 0 Å². The van der Waals surface area contributed by atoms with Crippen molar-refractivity contribution in [3.63, 3.8) is 0 Å². The Kier molecular flexibility index (Phi) is 2.95. The molecule has 2 atom stereocenters. The van der Waals surface area contributed by atoms with Crippen LogP contribution in [0.5, 0.6) is 0 Å². The molecule has 1 aliphatic rings. The summed E-state index contributed by atoms with van der Waals surface area (Å²) in [4.78, 5) is 0. The Morgan fingerprint density at radius 2 is 2.25 bits per heavy atom. The lowest BCUT2D eigenvalue weighted by molar-refractivity contribution is -0.0273. The highest BCUT2D eigenvalue weighted by atomic mass is 19.1. The molecule has 1 saturated heterocycles. The van der Waals surface area contributed by atoms with Crippen molar-refractivity contribution in [2.75, 3.05) is 6.61 Å². The molecule has 4 heteroatoms. The molecule has 2 nitrogen and oxygen atoms in total. The minimum atomic E-state index is -1.04. The fraction of sp³-hybridized carbons (Fsp3) is 0.500. The van der Waals surface area contributed by atoms with E-state index in [1.165, 1.54) is 12.1 Å². The lowest BCUT2D eigenvalue weighted by atomic mass is 9.89. The molecule has 1 fully saturated rings. The molecule has 0 spiro atoms. The standard InChI is InChI=1S/C12H14F2O2/c1-8-12(15,4-5-16-8)7-9-2-3-10(13)6-11(9)14/h2-3,6,8,15H,4-5,7H2,1H3. The van der Waals surface area contributed by atoms with Gasteiger partial charge < -0.3 is 9.84 Å². The fourth-order valence-corrected chi connectivity index (χ4v) is 2.00. The van der Waals surface area contributed by atoms with Crippen molar-refractivity contribution < 1.29 is 18.6 Å². The van der Waals surface area contributed by atoms with Crippen molar-refractivity contribution in [3.05, 3.63) is 35.4 Å². The molecule has 0 amide bonds. The van der Waals surface area contributed by atoms with Crippen molar-refractivity contribution >= 4 is 0 Å². The van der Waals surface area contributed by atoms with Crippen LogP contribution in [0.1, 0.15) is 18.9 Å². The Morgan fingerprint density at radius 1 is 1.50 bits per heavy atom. The quantitative estimate of drug-likeness (QED) is 0.839. The summed E-state index contributed by atoms with van der Waals surface area (Å²) in [5.41, 5.74) is -0.722. The van der Waals surface area contributed by atoms with E-state index in [2.05, 4.69) is 0 Å². The molecule has 0 bridgehead atoms. The molecule has 0 radical (unpaired) electrons. The van der Waals surface area contributed by atoms with Gasteiger partial charge in [0.25, 0.3) is 0 Å². The molecule has 2 rings (SSSR count). The minimum absolute atomic E-state index is 0.153. The third-order valence-corrected chi connectivity index (χ3v) is 3.17. The van der Waals surface area contributed by atoms with Gasteiger partial charge in [-0.3, -0.25) is 0 Å². The Bertz CT molecular complexity index is 395. The third-order valence-electron chi connectivity index (χ3n) is 3.17. The summed E-state index contributed by atoms with van der Waals surface area (Å²) in [6.45, 7) is 2.23. The largest absolute Gasteiger partial charge is 0.387 e. The summed E-state index contributed by atoms with van der Waals surface area (Å²) >= 11 is 0. The van der Waals surface area contributed by atoms with E-state index in [-0.39, 0.29) is 12.5 Å². The van der Waals surface area contributed by atoms with Gasteiger partial charge in [0.15, 0.2) is 0 Å². The van der Waals surface area contributed by atoms with E-state index in [1.54, 1.807) is 6.92 Å². The zero-order valence-corrected chi connectivity index (χ0v) is 9.04. The Labute approximate surface area is 92.9 Å². The van der Waals surface area contributed by atoms with E-state index in [4.69, 9.17) is 4.74 Å². The smallest absolute Gasteiger partial charge is 0.129 e. The van der Waals surface area contributed by atoms with Gasteiger partial charge in [-0.2, -0.15) is 0 Å². The van der Waals surface area contributed by atoms with Crippen molar-refractivity contribution in [1.82, 2.24) is 0 Å². The van der Waals surface area contributed by atoms with E-state index in [9.17, 15) is 13.9 Å². The zero-order chi connectivity index (χ0) is 11.8. The highest BCUT2D eigenvalue weighted by Crippen LogP contribution is 2.30. The van der Waals surface area contributed by atoms with Crippen LogP contribution in [0.15, 0.2) is 18.2 Å². The topological polar surface area (TPSA) is 29.5 Å². The minimum Gasteiger partial charge on any atom is -0.387 e. The summed E-state index contributed by atoms with van der Waals surface area (Å²) < 4.78 is 31.4. The first-order chi connectivity index (χ1) is 7.51. The molecule has 1 aliphatic heterocycles. The second-order valence-electron chi connectivity index (χ2n) is 4.28. The molecule has 1 heterocycles. The predicted octanol–water partition coefficient (Wildman–Crippen LogP) is 2.05. The number of hydrogen-bond acceptors (Lipinski definition) is 2. The summed E-state index contributed by atoms with van der Waals surface area (Å²) in [5.74, 6) is -1.23. The maximum atomic E-state index is 13.4. The molecule has 1 N–H and O–H groups in total. The van der Waals surface area contributed by atoms with Gasteiger partial charge >= 0.3 is 0 Å². The maximum Gasteiger partial charge on any atom is 0.129 e. The Balaban J connectivity index is 2.20. The average Bonchev–Trinajstić information content (AvgIpc) is 2.52. The van der Waals surface area contributed by atoms with Crippen LogP contribution in [0.25, 0.3) is 0 Å². The second-order valence-corrected chi connectivity index (χ2v) is 4.28. The summed E-state index contributed by atoms with van der Waals surface area (Å²) in [7, 11) is 0. The number of halogens is 2. The van der Waals surface area contributed by atoms with Gasteiger partial charge in [-0.05, 0) is 18.6 Å². The summed E-state index contributed by atoms with van der Waals surface area (Å²) in [5, 5.41) is 10.2. The van der Waals surface area contributed by atoms with Crippen LogP contribution >= 0.6 is 0 Å². The van der Waals surface area contributed by atoms with Gasteiger partial charge in [-0.25, -0.2) is 8.78 Å². The molecule has 1 aromatic carbocycles.